The Kier molecular flexibility index (Phi) is 4.26. The van der Waals surface area contributed by atoms with Crippen molar-refractivity contribution in [3.05, 3.63) is 30.3 Å². The van der Waals surface area contributed by atoms with Crippen LogP contribution in [0.3, 0.4) is 0 Å². The fourth-order valence-corrected chi connectivity index (χ4v) is 1.93. The lowest BCUT2D eigenvalue weighted by Crippen LogP contribution is -2.11. The quantitative estimate of drug-likeness (QED) is 0.771. The Morgan fingerprint density at radius 1 is 1.33 bits per heavy atom. The van der Waals surface area contributed by atoms with E-state index in [1.807, 2.05) is 0 Å². The summed E-state index contributed by atoms with van der Waals surface area (Å²) >= 11 is 0. The van der Waals surface area contributed by atoms with Gasteiger partial charge in [-0.25, -0.2) is 0 Å². The zero-order valence-corrected chi connectivity index (χ0v) is 9.28. The molecule has 0 fully saturated rings. The molecule has 0 spiro atoms. The molecule has 0 aliphatic carbocycles. The van der Waals surface area contributed by atoms with Crippen LogP contribution in [0.1, 0.15) is 13.3 Å². The van der Waals surface area contributed by atoms with Crippen LogP contribution in [0.25, 0.3) is 0 Å². The van der Waals surface area contributed by atoms with Crippen molar-refractivity contribution in [1.29, 1.82) is 0 Å². The van der Waals surface area contributed by atoms with E-state index in [-0.39, 0.29) is 11.5 Å². The molecule has 0 heterocycles. The third kappa shape index (κ3) is 3.99. The zero-order chi connectivity index (χ0) is 11.3. The number of benzene rings is 1. The smallest absolute Gasteiger partial charge is 0.296 e. The maximum absolute atomic E-state index is 11.5. The van der Waals surface area contributed by atoms with Gasteiger partial charge >= 0.3 is 0 Å². The van der Waals surface area contributed by atoms with Gasteiger partial charge in [0, 0.05) is 0 Å². The van der Waals surface area contributed by atoms with E-state index in [0.717, 1.165) is 0 Å². The summed E-state index contributed by atoms with van der Waals surface area (Å²) in [6.45, 7) is 1.58. The van der Waals surface area contributed by atoms with Gasteiger partial charge in [0.2, 0.25) is 0 Å². The molecule has 0 aromatic heterocycles. The van der Waals surface area contributed by atoms with Gasteiger partial charge in [-0.15, -0.1) is 0 Å². The molecule has 5 heteroatoms. The van der Waals surface area contributed by atoms with Crippen molar-refractivity contribution >= 4 is 10.1 Å². The van der Waals surface area contributed by atoms with Gasteiger partial charge in [-0.3, -0.25) is 4.18 Å². The molecule has 0 radical (unpaired) electrons. The minimum Gasteiger partial charge on any atom is -0.393 e. The summed E-state index contributed by atoms with van der Waals surface area (Å²) in [6.07, 6.45) is -0.262. The van der Waals surface area contributed by atoms with Crippen molar-refractivity contribution in [1.82, 2.24) is 0 Å². The number of rotatable bonds is 5. The van der Waals surface area contributed by atoms with Gasteiger partial charge in [-0.1, -0.05) is 18.2 Å². The second kappa shape index (κ2) is 5.25. The van der Waals surface area contributed by atoms with Crippen LogP contribution >= 0.6 is 0 Å². The lowest BCUT2D eigenvalue weighted by Gasteiger charge is -2.06. The van der Waals surface area contributed by atoms with E-state index in [0.29, 0.717) is 6.42 Å². The molecule has 0 bridgehead atoms. The normalized spacial score (nSPS) is 13.7. The van der Waals surface area contributed by atoms with Crippen molar-refractivity contribution in [2.75, 3.05) is 6.61 Å². The molecule has 1 aromatic rings. The van der Waals surface area contributed by atoms with Crippen molar-refractivity contribution in [3.8, 4) is 0 Å². The summed E-state index contributed by atoms with van der Waals surface area (Å²) in [5, 5.41) is 8.94. The molecular weight excluding hydrogens is 216 g/mol. The Balaban J connectivity index is 2.61. The maximum atomic E-state index is 11.5. The lowest BCUT2D eigenvalue weighted by molar-refractivity contribution is 0.157. The van der Waals surface area contributed by atoms with Gasteiger partial charge in [-0.2, -0.15) is 8.42 Å². The van der Waals surface area contributed by atoms with Gasteiger partial charge < -0.3 is 5.11 Å². The summed E-state index contributed by atoms with van der Waals surface area (Å²) in [5.41, 5.74) is 0. The minimum atomic E-state index is -3.67. The molecular formula is C10H14O4S. The molecule has 4 nitrogen and oxygen atoms in total. The second-order valence-corrected chi connectivity index (χ2v) is 4.84. The van der Waals surface area contributed by atoms with Crippen LogP contribution in [0.4, 0.5) is 0 Å². The second-order valence-electron chi connectivity index (χ2n) is 3.23. The lowest BCUT2D eigenvalue weighted by atomic mass is 10.3. The van der Waals surface area contributed by atoms with Crippen molar-refractivity contribution in [3.63, 3.8) is 0 Å². The summed E-state index contributed by atoms with van der Waals surface area (Å²) in [4.78, 5) is 0.135. The van der Waals surface area contributed by atoms with Crippen molar-refractivity contribution < 1.29 is 17.7 Å². The Morgan fingerprint density at radius 3 is 2.47 bits per heavy atom. The SMILES string of the molecule is CC(O)CCOS(=O)(=O)c1ccccc1. The first-order valence-electron chi connectivity index (χ1n) is 4.65. The number of hydrogen-bond donors (Lipinski definition) is 1. The van der Waals surface area contributed by atoms with E-state index in [1.165, 1.54) is 12.1 Å². The number of aliphatic hydroxyl groups is 1. The fourth-order valence-electron chi connectivity index (χ4n) is 0.984. The third-order valence-electron chi connectivity index (χ3n) is 1.81. The van der Waals surface area contributed by atoms with Gasteiger partial charge in [-0.05, 0) is 25.5 Å². The van der Waals surface area contributed by atoms with E-state index < -0.39 is 16.2 Å². The molecule has 0 saturated carbocycles. The molecule has 1 aromatic carbocycles. The standard InChI is InChI=1S/C10H14O4S/c1-9(11)7-8-14-15(12,13)10-5-3-2-4-6-10/h2-6,9,11H,7-8H2,1H3. The van der Waals surface area contributed by atoms with Crippen LogP contribution in [0.15, 0.2) is 35.2 Å². The van der Waals surface area contributed by atoms with E-state index in [1.54, 1.807) is 25.1 Å². The first kappa shape index (κ1) is 12.2. The monoisotopic (exact) mass is 230 g/mol. The Bertz CT molecular complexity index is 383. The largest absolute Gasteiger partial charge is 0.393 e. The average Bonchev–Trinajstić information content (AvgIpc) is 2.18. The number of aliphatic hydroxyl groups excluding tert-OH is 1. The Labute approximate surface area is 89.6 Å². The molecule has 0 saturated heterocycles. The highest BCUT2D eigenvalue weighted by Gasteiger charge is 2.14. The average molecular weight is 230 g/mol. The first-order chi connectivity index (χ1) is 7.02. The first-order valence-corrected chi connectivity index (χ1v) is 6.06. The predicted octanol–water partition coefficient (Wildman–Crippen LogP) is 1.16. The van der Waals surface area contributed by atoms with Crippen LogP contribution < -0.4 is 0 Å². The number of hydrogen-bond acceptors (Lipinski definition) is 4. The van der Waals surface area contributed by atoms with Gasteiger partial charge in [0.15, 0.2) is 0 Å². The van der Waals surface area contributed by atoms with E-state index in [9.17, 15) is 8.42 Å². The summed E-state index contributed by atoms with van der Waals surface area (Å²) < 4.78 is 27.8. The Hall–Kier alpha value is -0.910. The molecule has 1 rings (SSSR count). The van der Waals surface area contributed by atoms with Gasteiger partial charge in [0.25, 0.3) is 10.1 Å². The molecule has 1 unspecified atom stereocenters. The molecule has 84 valence electrons. The third-order valence-corrected chi connectivity index (χ3v) is 3.13. The van der Waals surface area contributed by atoms with Crippen LogP contribution in [0.5, 0.6) is 0 Å². The highest BCUT2D eigenvalue weighted by atomic mass is 32.2. The van der Waals surface area contributed by atoms with Crippen LogP contribution in [0.2, 0.25) is 0 Å². The molecule has 15 heavy (non-hydrogen) atoms. The topological polar surface area (TPSA) is 63.6 Å². The summed E-state index contributed by atoms with van der Waals surface area (Å²) in [7, 11) is -3.67. The van der Waals surface area contributed by atoms with E-state index in [2.05, 4.69) is 0 Å². The highest BCUT2D eigenvalue weighted by molar-refractivity contribution is 7.86. The summed E-state index contributed by atoms with van der Waals surface area (Å²) in [6, 6.07) is 7.93. The van der Waals surface area contributed by atoms with Gasteiger partial charge in [0.05, 0.1) is 17.6 Å². The van der Waals surface area contributed by atoms with E-state index in [4.69, 9.17) is 9.29 Å². The zero-order valence-electron chi connectivity index (χ0n) is 8.46. The summed E-state index contributed by atoms with van der Waals surface area (Å²) in [5.74, 6) is 0. The van der Waals surface area contributed by atoms with Crippen molar-refractivity contribution in [2.45, 2.75) is 24.3 Å². The molecule has 1 N–H and O–H groups in total. The molecule has 0 amide bonds. The minimum absolute atomic E-state index is 0.00507. The van der Waals surface area contributed by atoms with Gasteiger partial charge in [0.1, 0.15) is 0 Å². The molecule has 0 aliphatic rings. The van der Waals surface area contributed by atoms with Crippen LogP contribution in [-0.4, -0.2) is 26.2 Å². The van der Waals surface area contributed by atoms with Crippen LogP contribution in [0, 0.1) is 0 Å². The van der Waals surface area contributed by atoms with E-state index >= 15 is 0 Å². The van der Waals surface area contributed by atoms with Crippen LogP contribution in [-0.2, 0) is 14.3 Å². The Morgan fingerprint density at radius 2 is 1.93 bits per heavy atom. The maximum Gasteiger partial charge on any atom is 0.296 e. The predicted molar refractivity (Wildman–Crippen MR) is 55.9 cm³/mol. The highest BCUT2D eigenvalue weighted by Crippen LogP contribution is 2.11. The van der Waals surface area contributed by atoms with Crippen molar-refractivity contribution in [2.24, 2.45) is 0 Å². The molecule has 1 atom stereocenters. The molecule has 0 aliphatic heterocycles. The fraction of sp³-hybridized carbons (Fsp3) is 0.400.